The maximum absolute atomic E-state index is 8.92. The first-order valence-electron chi connectivity index (χ1n) is 6.49. The van der Waals surface area contributed by atoms with Crippen LogP contribution in [0.25, 0.3) is 11.1 Å². The fourth-order valence-electron chi connectivity index (χ4n) is 2.11. The highest BCUT2D eigenvalue weighted by atomic mass is 16.3. The van der Waals surface area contributed by atoms with Crippen LogP contribution in [0.4, 0.5) is 0 Å². The van der Waals surface area contributed by atoms with Crippen molar-refractivity contribution in [2.75, 3.05) is 26.7 Å². The molecule has 0 saturated heterocycles. The molecule has 1 heterocycles. The van der Waals surface area contributed by atoms with Crippen molar-refractivity contribution in [3.63, 3.8) is 0 Å². The lowest BCUT2D eigenvalue weighted by Gasteiger charge is -2.19. The third-order valence-electron chi connectivity index (χ3n) is 3.12. The lowest BCUT2D eigenvalue weighted by Crippen LogP contribution is -2.38. The van der Waals surface area contributed by atoms with Gasteiger partial charge in [-0.05, 0) is 31.2 Å². The van der Waals surface area contributed by atoms with Gasteiger partial charge in [0.05, 0.1) is 6.61 Å². The summed E-state index contributed by atoms with van der Waals surface area (Å²) in [5.74, 6) is 0.693. The molecule has 1 aromatic heterocycles. The Morgan fingerprint density at radius 3 is 3.00 bits per heavy atom. The molecule has 5 heteroatoms. The molecular formula is C14H21N3O2. The van der Waals surface area contributed by atoms with Crippen LogP contribution in [-0.4, -0.2) is 47.8 Å². The van der Waals surface area contributed by atoms with Gasteiger partial charge in [-0.3, -0.25) is 0 Å². The number of nitrogens with two attached hydrogens (primary N) is 1. The monoisotopic (exact) mass is 263 g/mol. The molecule has 1 atom stereocenters. The number of oxazole rings is 1. The van der Waals surface area contributed by atoms with Gasteiger partial charge in [-0.25, -0.2) is 4.98 Å². The maximum atomic E-state index is 8.92. The molecule has 3 N–H and O–H groups in total. The van der Waals surface area contributed by atoms with Crippen LogP contribution in [0.1, 0.15) is 11.5 Å². The van der Waals surface area contributed by atoms with Gasteiger partial charge in [-0.15, -0.1) is 0 Å². The van der Waals surface area contributed by atoms with Crippen LogP contribution in [0.3, 0.4) is 0 Å². The van der Waals surface area contributed by atoms with Crippen LogP contribution in [0.5, 0.6) is 0 Å². The summed E-state index contributed by atoms with van der Waals surface area (Å²) in [5, 5.41) is 8.92. The average molecular weight is 263 g/mol. The van der Waals surface area contributed by atoms with Crippen molar-refractivity contribution in [2.45, 2.75) is 19.4 Å². The number of aryl methyl sites for hydroxylation is 1. The summed E-state index contributed by atoms with van der Waals surface area (Å²) in [7, 11) is 2.01. The van der Waals surface area contributed by atoms with E-state index >= 15 is 0 Å². The number of hydrogen-bond donors (Lipinski definition) is 2. The van der Waals surface area contributed by atoms with Gasteiger partial charge in [0.25, 0.3) is 0 Å². The van der Waals surface area contributed by atoms with E-state index in [9.17, 15) is 0 Å². The number of aliphatic hydroxyl groups is 1. The molecule has 0 aliphatic heterocycles. The number of benzene rings is 1. The Morgan fingerprint density at radius 1 is 1.47 bits per heavy atom. The predicted octanol–water partition coefficient (Wildman–Crippen LogP) is 0.930. The van der Waals surface area contributed by atoms with E-state index < -0.39 is 0 Å². The van der Waals surface area contributed by atoms with Crippen LogP contribution >= 0.6 is 0 Å². The van der Waals surface area contributed by atoms with Gasteiger partial charge < -0.3 is 20.2 Å². The molecule has 1 aromatic carbocycles. The van der Waals surface area contributed by atoms with E-state index in [1.54, 1.807) is 0 Å². The summed E-state index contributed by atoms with van der Waals surface area (Å²) in [4.78, 5) is 6.40. The van der Waals surface area contributed by atoms with Crippen LogP contribution in [0, 0.1) is 6.92 Å². The standard InChI is InChI=1S/C14H21N3O2/c1-10-16-13-4-3-11(7-14(13)19-10)5-6-17(2)8-12(15)9-18/h3-4,7,12,18H,5-6,8-9,15H2,1-2H3. The van der Waals surface area contributed by atoms with E-state index in [2.05, 4.69) is 16.0 Å². The van der Waals surface area contributed by atoms with Crippen molar-refractivity contribution in [3.05, 3.63) is 29.7 Å². The van der Waals surface area contributed by atoms with Crippen molar-refractivity contribution in [1.82, 2.24) is 9.88 Å². The van der Waals surface area contributed by atoms with E-state index in [0.717, 1.165) is 24.1 Å². The first-order chi connectivity index (χ1) is 9.08. The zero-order chi connectivity index (χ0) is 13.8. The number of hydrogen-bond acceptors (Lipinski definition) is 5. The average Bonchev–Trinajstić information content (AvgIpc) is 2.75. The Hall–Kier alpha value is -1.43. The van der Waals surface area contributed by atoms with Crippen molar-refractivity contribution < 1.29 is 9.52 Å². The molecule has 2 rings (SSSR count). The van der Waals surface area contributed by atoms with Gasteiger partial charge in [-0.2, -0.15) is 0 Å². The fraction of sp³-hybridized carbons (Fsp3) is 0.500. The molecule has 0 aliphatic rings. The second-order valence-corrected chi connectivity index (χ2v) is 4.99. The van der Waals surface area contributed by atoms with Crippen LogP contribution in [0.2, 0.25) is 0 Å². The highest BCUT2D eigenvalue weighted by Gasteiger charge is 2.07. The number of likely N-dealkylation sites (N-methyl/N-ethyl adjacent to an activating group) is 1. The topological polar surface area (TPSA) is 75.5 Å². The Balaban J connectivity index is 1.94. The molecule has 0 amide bonds. The third-order valence-corrected chi connectivity index (χ3v) is 3.12. The molecule has 0 saturated carbocycles. The first kappa shape index (κ1) is 14.0. The summed E-state index contributed by atoms with van der Waals surface area (Å²) < 4.78 is 5.52. The summed E-state index contributed by atoms with van der Waals surface area (Å²) in [5.41, 5.74) is 8.66. The summed E-state index contributed by atoms with van der Waals surface area (Å²) in [6, 6.07) is 5.92. The van der Waals surface area contributed by atoms with E-state index in [4.69, 9.17) is 15.3 Å². The second-order valence-electron chi connectivity index (χ2n) is 4.99. The van der Waals surface area contributed by atoms with Gasteiger partial charge in [-0.1, -0.05) is 6.07 Å². The normalized spacial score (nSPS) is 13.3. The van der Waals surface area contributed by atoms with Crippen molar-refractivity contribution >= 4 is 11.1 Å². The molecule has 19 heavy (non-hydrogen) atoms. The Labute approximate surface area is 113 Å². The van der Waals surface area contributed by atoms with Crippen LogP contribution in [-0.2, 0) is 6.42 Å². The molecular weight excluding hydrogens is 242 g/mol. The van der Waals surface area contributed by atoms with Gasteiger partial charge in [0, 0.05) is 26.1 Å². The Morgan fingerprint density at radius 2 is 2.26 bits per heavy atom. The zero-order valence-electron chi connectivity index (χ0n) is 11.5. The van der Waals surface area contributed by atoms with Crippen molar-refractivity contribution in [3.8, 4) is 0 Å². The minimum absolute atomic E-state index is 0.0215. The third kappa shape index (κ3) is 3.76. The number of aliphatic hydroxyl groups excluding tert-OH is 1. The Bertz CT molecular complexity index is 538. The highest BCUT2D eigenvalue weighted by molar-refractivity contribution is 5.73. The Kier molecular flexibility index (Phi) is 4.52. The molecule has 2 aromatic rings. The van der Waals surface area contributed by atoms with Crippen LogP contribution < -0.4 is 5.73 Å². The molecule has 5 nitrogen and oxygen atoms in total. The minimum Gasteiger partial charge on any atom is -0.441 e. The molecule has 0 radical (unpaired) electrons. The number of fused-ring (bicyclic) bond motifs is 1. The van der Waals surface area contributed by atoms with E-state index in [-0.39, 0.29) is 12.6 Å². The smallest absolute Gasteiger partial charge is 0.192 e. The van der Waals surface area contributed by atoms with Gasteiger partial charge >= 0.3 is 0 Å². The molecule has 0 fully saturated rings. The van der Waals surface area contributed by atoms with Crippen LogP contribution in [0.15, 0.2) is 22.6 Å². The second kappa shape index (κ2) is 6.14. The zero-order valence-corrected chi connectivity index (χ0v) is 11.5. The largest absolute Gasteiger partial charge is 0.441 e. The highest BCUT2D eigenvalue weighted by Crippen LogP contribution is 2.17. The summed E-state index contributed by atoms with van der Waals surface area (Å²) in [6.07, 6.45) is 0.921. The quantitative estimate of drug-likeness (QED) is 0.811. The van der Waals surface area contributed by atoms with E-state index in [0.29, 0.717) is 12.4 Å². The number of rotatable bonds is 6. The minimum atomic E-state index is -0.176. The molecule has 1 unspecified atom stereocenters. The molecule has 0 spiro atoms. The molecule has 104 valence electrons. The maximum Gasteiger partial charge on any atom is 0.192 e. The number of aromatic nitrogens is 1. The lowest BCUT2D eigenvalue weighted by atomic mass is 10.1. The van der Waals surface area contributed by atoms with E-state index in [1.807, 2.05) is 26.1 Å². The molecule has 0 bridgehead atoms. The van der Waals surface area contributed by atoms with Crippen molar-refractivity contribution in [2.24, 2.45) is 5.73 Å². The fourth-order valence-corrected chi connectivity index (χ4v) is 2.11. The van der Waals surface area contributed by atoms with E-state index in [1.165, 1.54) is 5.56 Å². The first-order valence-corrected chi connectivity index (χ1v) is 6.49. The SMILES string of the molecule is Cc1nc2ccc(CCN(C)CC(N)CO)cc2o1. The summed E-state index contributed by atoms with van der Waals surface area (Å²) >= 11 is 0. The summed E-state index contributed by atoms with van der Waals surface area (Å²) in [6.45, 7) is 3.46. The van der Waals surface area contributed by atoms with Gasteiger partial charge in [0.1, 0.15) is 5.52 Å². The molecule has 0 aliphatic carbocycles. The number of nitrogens with zero attached hydrogens (tertiary/aromatic N) is 2. The van der Waals surface area contributed by atoms with Gasteiger partial charge in [0.2, 0.25) is 0 Å². The predicted molar refractivity (Wildman–Crippen MR) is 75.0 cm³/mol. The van der Waals surface area contributed by atoms with Gasteiger partial charge in [0.15, 0.2) is 11.5 Å². The van der Waals surface area contributed by atoms with Crippen molar-refractivity contribution in [1.29, 1.82) is 0 Å². The lowest BCUT2D eigenvalue weighted by molar-refractivity contribution is 0.223.